The van der Waals surface area contributed by atoms with Gasteiger partial charge in [-0.25, -0.2) is 8.42 Å². The Morgan fingerprint density at radius 3 is 2.29 bits per heavy atom. The summed E-state index contributed by atoms with van der Waals surface area (Å²) < 4.78 is 33.4. The number of ether oxygens (including phenoxy) is 1. The number of aryl methyl sites for hydroxylation is 1. The third kappa shape index (κ3) is 4.67. The number of nitrogens with one attached hydrogen (secondary N) is 2. The third-order valence-electron chi connectivity index (χ3n) is 5.62. The van der Waals surface area contributed by atoms with Crippen LogP contribution in [0.5, 0.6) is 5.75 Å². The van der Waals surface area contributed by atoms with Gasteiger partial charge in [-0.1, -0.05) is 12.8 Å². The van der Waals surface area contributed by atoms with Crippen LogP contribution in [0.4, 0.5) is 5.69 Å². The van der Waals surface area contributed by atoms with Gasteiger partial charge in [0.2, 0.25) is 10.0 Å². The maximum Gasteiger partial charge on any atom is 0.272 e. The van der Waals surface area contributed by atoms with Crippen molar-refractivity contribution in [3.63, 3.8) is 0 Å². The summed E-state index contributed by atoms with van der Waals surface area (Å²) in [5, 5.41) is 2.74. The quantitative estimate of drug-likeness (QED) is 0.657. The first-order valence-corrected chi connectivity index (χ1v) is 11.8. The molecule has 8 nitrogen and oxygen atoms in total. The molecule has 1 amide bonds. The fraction of sp³-hybridized carbons (Fsp3) is 0.455. The SMILES string of the molecule is COc1ccc(NC(=O)c2[nH]c(C)c(C(C)=O)c2C)cc1S(=O)(=O)N1CCCCCC1. The molecule has 0 unspecified atom stereocenters. The standard InChI is InChI=1S/C22H29N3O5S/c1-14-20(16(3)26)15(2)23-21(14)22(27)24-17-9-10-18(30-4)19(13-17)31(28,29)25-11-7-5-6-8-12-25/h9-10,13,23H,5-8,11-12H2,1-4H3,(H,24,27). The Labute approximate surface area is 183 Å². The zero-order chi connectivity index (χ0) is 22.8. The molecule has 0 saturated carbocycles. The minimum atomic E-state index is -3.77. The highest BCUT2D eigenvalue weighted by molar-refractivity contribution is 7.89. The van der Waals surface area contributed by atoms with Crippen molar-refractivity contribution >= 4 is 27.4 Å². The van der Waals surface area contributed by atoms with Crippen LogP contribution in [0.2, 0.25) is 0 Å². The highest BCUT2D eigenvalue weighted by atomic mass is 32.2. The van der Waals surface area contributed by atoms with Crippen LogP contribution in [-0.4, -0.2) is 49.6 Å². The number of H-pyrrole nitrogens is 1. The molecule has 1 aromatic heterocycles. The summed E-state index contributed by atoms with van der Waals surface area (Å²) >= 11 is 0. The number of carbonyl (C=O) groups is 2. The fourth-order valence-electron chi connectivity index (χ4n) is 4.08. The number of ketones is 1. The molecule has 1 fully saturated rings. The molecule has 2 N–H and O–H groups in total. The van der Waals surface area contributed by atoms with E-state index in [9.17, 15) is 18.0 Å². The molecule has 168 valence electrons. The summed E-state index contributed by atoms with van der Waals surface area (Å²) in [6.07, 6.45) is 3.66. The second-order valence-electron chi connectivity index (χ2n) is 7.82. The number of nitrogens with zero attached hydrogens (tertiary/aromatic N) is 1. The number of benzene rings is 1. The van der Waals surface area contributed by atoms with Crippen molar-refractivity contribution in [2.24, 2.45) is 0 Å². The summed E-state index contributed by atoms with van der Waals surface area (Å²) in [7, 11) is -2.35. The van der Waals surface area contributed by atoms with Gasteiger partial charge in [-0.15, -0.1) is 0 Å². The number of rotatable bonds is 6. The molecule has 0 bridgehead atoms. The van der Waals surface area contributed by atoms with Crippen LogP contribution >= 0.6 is 0 Å². The minimum Gasteiger partial charge on any atom is -0.495 e. The number of aromatic nitrogens is 1. The van der Waals surface area contributed by atoms with Crippen LogP contribution in [0.1, 0.15) is 64.7 Å². The van der Waals surface area contributed by atoms with Crippen molar-refractivity contribution in [2.45, 2.75) is 51.3 Å². The first-order valence-electron chi connectivity index (χ1n) is 10.4. The van der Waals surface area contributed by atoms with Gasteiger partial charge in [0.1, 0.15) is 16.3 Å². The van der Waals surface area contributed by atoms with Gasteiger partial charge in [0.15, 0.2) is 5.78 Å². The van der Waals surface area contributed by atoms with Gasteiger partial charge >= 0.3 is 0 Å². The molecule has 9 heteroatoms. The van der Waals surface area contributed by atoms with Crippen molar-refractivity contribution in [2.75, 3.05) is 25.5 Å². The minimum absolute atomic E-state index is 0.0264. The molecule has 1 aliphatic rings. The average Bonchev–Trinajstić information content (AvgIpc) is 2.89. The lowest BCUT2D eigenvalue weighted by Crippen LogP contribution is -2.32. The number of Topliss-reactive ketones (excluding diaryl/α,β-unsaturated/α-hetero) is 1. The number of carbonyl (C=O) groups excluding carboxylic acids is 2. The van der Waals surface area contributed by atoms with E-state index in [2.05, 4.69) is 10.3 Å². The Morgan fingerprint density at radius 2 is 1.74 bits per heavy atom. The van der Waals surface area contributed by atoms with Crippen molar-refractivity contribution in [1.82, 2.24) is 9.29 Å². The second kappa shape index (κ2) is 9.23. The van der Waals surface area contributed by atoms with Gasteiger partial charge in [0, 0.05) is 30.0 Å². The molecule has 2 heterocycles. The highest BCUT2D eigenvalue weighted by Crippen LogP contribution is 2.31. The van der Waals surface area contributed by atoms with Gasteiger partial charge < -0.3 is 15.0 Å². The Hall–Kier alpha value is -2.65. The van der Waals surface area contributed by atoms with Gasteiger partial charge in [0.05, 0.1) is 7.11 Å². The first kappa shape index (κ1) is 23.0. The van der Waals surface area contributed by atoms with Crippen LogP contribution in [0.3, 0.4) is 0 Å². The van der Waals surface area contributed by atoms with Gasteiger partial charge in [0.25, 0.3) is 5.91 Å². The average molecular weight is 448 g/mol. The molecular weight excluding hydrogens is 418 g/mol. The van der Waals surface area contributed by atoms with E-state index in [0.717, 1.165) is 25.7 Å². The summed E-state index contributed by atoms with van der Waals surface area (Å²) in [6, 6.07) is 4.55. The topological polar surface area (TPSA) is 109 Å². The van der Waals surface area contributed by atoms with E-state index >= 15 is 0 Å². The predicted molar refractivity (Wildman–Crippen MR) is 118 cm³/mol. The van der Waals surface area contributed by atoms with E-state index < -0.39 is 15.9 Å². The van der Waals surface area contributed by atoms with Crippen molar-refractivity contribution < 1.29 is 22.7 Å². The number of sulfonamides is 1. The summed E-state index contributed by atoms with van der Waals surface area (Å²) in [4.78, 5) is 27.7. The Bertz CT molecular complexity index is 1100. The molecule has 2 aromatic rings. The smallest absolute Gasteiger partial charge is 0.272 e. The van der Waals surface area contributed by atoms with E-state index in [1.54, 1.807) is 19.9 Å². The Morgan fingerprint density at radius 1 is 1.10 bits per heavy atom. The van der Waals surface area contributed by atoms with Gasteiger partial charge in [-0.3, -0.25) is 9.59 Å². The zero-order valence-corrected chi connectivity index (χ0v) is 19.2. The van der Waals surface area contributed by atoms with Crippen molar-refractivity contribution in [3.8, 4) is 5.75 Å². The lowest BCUT2D eigenvalue weighted by atomic mass is 10.1. The Balaban J connectivity index is 1.93. The lowest BCUT2D eigenvalue weighted by Gasteiger charge is -2.21. The van der Waals surface area contributed by atoms with Crippen molar-refractivity contribution in [3.05, 3.63) is 40.7 Å². The molecular formula is C22H29N3O5S. The van der Waals surface area contributed by atoms with E-state index in [1.807, 2.05) is 0 Å². The second-order valence-corrected chi connectivity index (χ2v) is 9.73. The largest absolute Gasteiger partial charge is 0.495 e. The molecule has 1 saturated heterocycles. The molecule has 0 spiro atoms. The van der Waals surface area contributed by atoms with Crippen LogP contribution in [0.15, 0.2) is 23.1 Å². The van der Waals surface area contributed by atoms with Gasteiger partial charge in [-0.05, 0) is 57.4 Å². The lowest BCUT2D eigenvalue weighted by molar-refractivity contribution is 0.101. The molecule has 1 aliphatic heterocycles. The number of anilines is 1. The zero-order valence-electron chi connectivity index (χ0n) is 18.4. The van der Waals surface area contributed by atoms with Crippen molar-refractivity contribution in [1.29, 1.82) is 0 Å². The first-order chi connectivity index (χ1) is 14.7. The van der Waals surface area contributed by atoms with Crippen LogP contribution in [0.25, 0.3) is 0 Å². The maximum absolute atomic E-state index is 13.3. The number of hydrogen-bond donors (Lipinski definition) is 2. The Kier molecular flexibility index (Phi) is 6.86. The van der Waals surface area contributed by atoms with Crippen LogP contribution in [0, 0.1) is 13.8 Å². The van der Waals surface area contributed by atoms with E-state index in [1.165, 1.54) is 30.5 Å². The normalized spacial score (nSPS) is 15.4. The van der Waals surface area contributed by atoms with Gasteiger partial charge in [-0.2, -0.15) is 4.31 Å². The predicted octanol–water partition coefficient (Wildman–Crippen LogP) is 3.66. The summed E-state index contributed by atoms with van der Waals surface area (Å²) in [6.45, 7) is 5.83. The number of amides is 1. The van der Waals surface area contributed by atoms with E-state index in [-0.39, 0.29) is 22.1 Å². The maximum atomic E-state index is 13.3. The molecule has 0 radical (unpaired) electrons. The number of hydrogen-bond acceptors (Lipinski definition) is 5. The van der Waals surface area contributed by atoms with Crippen LogP contribution in [-0.2, 0) is 10.0 Å². The monoisotopic (exact) mass is 447 g/mol. The summed E-state index contributed by atoms with van der Waals surface area (Å²) in [5.74, 6) is -0.343. The molecule has 0 atom stereocenters. The third-order valence-corrected chi connectivity index (χ3v) is 7.54. The molecule has 1 aromatic carbocycles. The van der Waals surface area contributed by atoms with E-state index in [4.69, 9.17) is 4.74 Å². The molecule has 0 aliphatic carbocycles. The fourth-order valence-corrected chi connectivity index (χ4v) is 5.77. The van der Waals surface area contributed by atoms with E-state index in [0.29, 0.717) is 35.6 Å². The molecule has 31 heavy (non-hydrogen) atoms. The number of aromatic amines is 1. The number of methoxy groups -OCH3 is 1. The summed E-state index contributed by atoms with van der Waals surface area (Å²) in [5.41, 5.74) is 2.28. The highest BCUT2D eigenvalue weighted by Gasteiger charge is 2.29. The van der Waals surface area contributed by atoms with Crippen LogP contribution < -0.4 is 10.1 Å². The molecule has 3 rings (SSSR count).